The average Bonchev–Trinajstić information content (AvgIpc) is 2.74. The quantitative estimate of drug-likeness (QED) is 0.394. The molecule has 1 amide bonds. The number of alkyl carbamates (subject to hydrolysis) is 1. The van der Waals surface area contributed by atoms with Crippen LogP contribution in [0.2, 0.25) is 0 Å². The number of carbonyl (C=O) groups is 3. The highest BCUT2D eigenvalue weighted by Gasteiger charge is 2.39. The van der Waals surface area contributed by atoms with Crippen LogP contribution in [0.3, 0.4) is 0 Å². The lowest BCUT2D eigenvalue weighted by Crippen LogP contribution is -2.41. The van der Waals surface area contributed by atoms with Crippen LogP contribution in [0.15, 0.2) is 54.6 Å². The number of nitrogens with one attached hydrogen (secondary N) is 1. The van der Waals surface area contributed by atoms with Crippen LogP contribution < -0.4 is 10.1 Å². The smallest absolute Gasteiger partial charge is 0.407 e. The minimum Gasteiger partial charge on any atom is -0.497 e. The van der Waals surface area contributed by atoms with Gasteiger partial charge in [0.25, 0.3) is 0 Å². The number of Topliss-reactive ketones (excluding diaryl/α,β-unsaturated/α-hetero) is 1. The molecule has 1 N–H and O–H groups in total. The van der Waals surface area contributed by atoms with Gasteiger partial charge in [-0.15, -0.1) is 0 Å². The molecule has 2 atom stereocenters. The van der Waals surface area contributed by atoms with Crippen molar-refractivity contribution in [3.8, 4) is 5.75 Å². The maximum Gasteiger partial charge on any atom is 0.407 e. The Labute approximate surface area is 170 Å². The molecule has 0 spiro atoms. The van der Waals surface area contributed by atoms with Crippen LogP contribution in [0.1, 0.15) is 35.8 Å². The Balaban J connectivity index is 2.50. The third-order valence-corrected chi connectivity index (χ3v) is 4.24. The van der Waals surface area contributed by atoms with Gasteiger partial charge in [0.2, 0.25) is 0 Å². The van der Waals surface area contributed by atoms with Gasteiger partial charge in [-0.1, -0.05) is 42.5 Å². The van der Waals surface area contributed by atoms with Crippen molar-refractivity contribution in [3.05, 3.63) is 65.7 Å². The van der Waals surface area contributed by atoms with Crippen LogP contribution in [-0.2, 0) is 14.3 Å². The summed E-state index contributed by atoms with van der Waals surface area (Å²) < 4.78 is 15.3. The molecule has 7 heteroatoms. The SMILES string of the molecule is CCOC(=O)N[C@@H](c1ccc(OC)cc1)[C@H](C(=O)OCC)C(=O)c1ccccc1. The monoisotopic (exact) mass is 399 g/mol. The molecule has 2 aromatic carbocycles. The summed E-state index contributed by atoms with van der Waals surface area (Å²) in [6.07, 6.45) is -0.733. The first kappa shape index (κ1) is 21.9. The summed E-state index contributed by atoms with van der Waals surface area (Å²) in [7, 11) is 1.53. The van der Waals surface area contributed by atoms with Gasteiger partial charge in [0.05, 0.1) is 26.4 Å². The Kier molecular flexibility index (Phi) is 8.21. The topological polar surface area (TPSA) is 90.9 Å². The summed E-state index contributed by atoms with van der Waals surface area (Å²) in [6.45, 7) is 3.58. The first-order valence-corrected chi connectivity index (χ1v) is 9.34. The molecule has 0 aromatic heterocycles. The van der Waals surface area contributed by atoms with Gasteiger partial charge in [-0.25, -0.2) is 4.79 Å². The summed E-state index contributed by atoms with van der Waals surface area (Å²) >= 11 is 0. The molecule has 2 aromatic rings. The van der Waals surface area contributed by atoms with Gasteiger partial charge in [-0.2, -0.15) is 0 Å². The zero-order valence-corrected chi connectivity index (χ0v) is 16.7. The molecular formula is C22H25NO6. The molecule has 0 aliphatic heterocycles. The number of esters is 1. The third-order valence-electron chi connectivity index (χ3n) is 4.24. The van der Waals surface area contributed by atoms with Crippen LogP contribution >= 0.6 is 0 Å². The lowest BCUT2D eigenvalue weighted by molar-refractivity contribution is -0.147. The Morgan fingerprint density at radius 2 is 1.52 bits per heavy atom. The van der Waals surface area contributed by atoms with E-state index in [9.17, 15) is 14.4 Å². The predicted molar refractivity (Wildman–Crippen MR) is 107 cm³/mol. The first-order valence-electron chi connectivity index (χ1n) is 9.34. The molecule has 7 nitrogen and oxygen atoms in total. The van der Waals surface area contributed by atoms with Crippen molar-refractivity contribution in [2.75, 3.05) is 20.3 Å². The maximum absolute atomic E-state index is 13.2. The molecule has 0 bridgehead atoms. The van der Waals surface area contributed by atoms with Gasteiger partial charge in [0.1, 0.15) is 11.7 Å². The molecule has 29 heavy (non-hydrogen) atoms. The predicted octanol–water partition coefficient (Wildman–Crippen LogP) is 3.54. The molecule has 0 saturated heterocycles. The van der Waals surface area contributed by atoms with E-state index in [0.29, 0.717) is 16.9 Å². The fourth-order valence-corrected chi connectivity index (χ4v) is 2.88. The van der Waals surface area contributed by atoms with Crippen molar-refractivity contribution in [1.82, 2.24) is 5.32 Å². The highest BCUT2D eigenvalue weighted by Crippen LogP contribution is 2.28. The van der Waals surface area contributed by atoms with E-state index >= 15 is 0 Å². The van der Waals surface area contributed by atoms with Gasteiger partial charge in [-0.05, 0) is 31.5 Å². The number of rotatable bonds is 9. The zero-order chi connectivity index (χ0) is 21.2. The van der Waals surface area contributed by atoms with E-state index in [1.165, 1.54) is 7.11 Å². The van der Waals surface area contributed by atoms with Crippen LogP contribution in [0.5, 0.6) is 5.75 Å². The van der Waals surface area contributed by atoms with E-state index in [1.807, 2.05) is 0 Å². The zero-order valence-electron chi connectivity index (χ0n) is 16.7. The summed E-state index contributed by atoms with van der Waals surface area (Å²) in [6, 6.07) is 14.2. The largest absolute Gasteiger partial charge is 0.497 e. The fourth-order valence-electron chi connectivity index (χ4n) is 2.88. The van der Waals surface area contributed by atoms with Crippen LogP contribution in [-0.4, -0.2) is 38.2 Å². The second-order valence-corrected chi connectivity index (χ2v) is 6.08. The van der Waals surface area contributed by atoms with Crippen molar-refractivity contribution < 1.29 is 28.6 Å². The molecule has 0 heterocycles. The normalized spacial score (nSPS) is 12.4. The molecule has 0 radical (unpaired) electrons. The van der Waals surface area contributed by atoms with E-state index in [4.69, 9.17) is 14.2 Å². The molecule has 0 unspecified atom stereocenters. The Bertz CT molecular complexity index is 819. The lowest BCUT2D eigenvalue weighted by atomic mass is 9.86. The number of hydrogen-bond acceptors (Lipinski definition) is 6. The number of benzene rings is 2. The number of methoxy groups -OCH3 is 1. The molecular weight excluding hydrogens is 374 g/mol. The standard InChI is InChI=1S/C22H25NO6/c1-4-28-21(25)18(20(24)16-9-7-6-8-10-16)19(23-22(26)29-5-2)15-11-13-17(27-3)14-12-15/h6-14,18-19H,4-5H2,1-3H3,(H,23,26)/t18-,19-/m0/s1. The molecule has 0 aliphatic carbocycles. The number of carbonyl (C=O) groups excluding carboxylic acids is 3. The summed E-state index contributed by atoms with van der Waals surface area (Å²) in [5.41, 5.74) is 0.885. The molecule has 0 saturated carbocycles. The van der Waals surface area contributed by atoms with E-state index < -0.39 is 29.8 Å². The third kappa shape index (κ3) is 5.81. The molecule has 154 valence electrons. The first-order chi connectivity index (χ1) is 14.0. The average molecular weight is 399 g/mol. The lowest BCUT2D eigenvalue weighted by Gasteiger charge is -2.26. The molecule has 2 rings (SSSR count). The van der Waals surface area contributed by atoms with Gasteiger partial charge in [0, 0.05) is 5.56 Å². The van der Waals surface area contributed by atoms with Crippen molar-refractivity contribution in [2.24, 2.45) is 5.92 Å². The summed E-state index contributed by atoms with van der Waals surface area (Å²) in [5, 5.41) is 2.64. The minimum atomic E-state index is -1.28. The van der Waals surface area contributed by atoms with Crippen molar-refractivity contribution in [3.63, 3.8) is 0 Å². The highest BCUT2D eigenvalue weighted by atomic mass is 16.5. The van der Waals surface area contributed by atoms with Gasteiger partial charge < -0.3 is 19.5 Å². The van der Waals surface area contributed by atoms with Crippen molar-refractivity contribution in [2.45, 2.75) is 19.9 Å². The Hall–Kier alpha value is -3.35. The van der Waals surface area contributed by atoms with E-state index in [0.717, 1.165) is 0 Å². The van der Waals surface area contributed by atoms with Gasteiger partial charge >= 0.3 is 12.1 Å². The van der Waals surface area contributed by atoms with Crippen molar-refractivity contribution in [1.29, 1.82) is 0 Å². The number of ketones is 1. The number of hydrogen-bond donors (Lipinski definition) is 1. The van der Waals surface area contributed by atoms with E-state index in [2.05, 4.69) is 5.32 Å². The van der Waals surface area contributed by atoms with Crippen LogP contribution in [0.4, 0.5) is 4.79 Å². The van der Waals surface area contributed by atoms with E-state index in [-0.39, 0.29) is 13.2 Å². The van der Waals surface area contributed by atoms with Crippen molar-refractivity contribution >= 4 is 17.8 Å². The number of amides is 1. The Morgan fingerprint density at radius 1 is 0.897 bits per heavy atom. The van der Waals surface area contributed by atoms with Crippen LogP contribution in [0.25, 0.3) is 0 Å². The second-order valence-electron chi connectivity index (χ2n) is 6.08. The summed E-state index contributed by atoms with van der Waals surface area (Å²) in [5.74, 6) is -1.86. The maximum atomic E-state index is 13.2. The van der Waals surface area contributed by atoms with Crippen LogP contribution in [0, 0.1) is 5.92 Å². The molecule has 0 fully saturated rings. The van der Waals surface area contributed by atoms with E-state index in [1.54, 1.807) is 68.4 Å². The van der Waals surface area contributed by atoms with Gasteiger partial charge in [0.15, 0.2) is 5.78 Å². The summed E-state index contributed by atoms with van der Waals surface area (Å²) in [4.78, 5) is 38.2. The molecule has 0 aliphatic rings. The highest BCUT2D eigenvalue weighted by molar-refractivity contribution is 6.09. The number of ether oxygens (including phenoxy) is 3. The fraction of sp³-hybridized carbons (Fsp3) is 0.318. The minimum absolute atomic E-state index is 0.103. The van der Waals surface area contributed by atoms with Gasteiger partial charge in [-0.3, -0.25) is 9.59 Å². The second kappa shape index (κ2) is 10.8. The Morgan fingerprint density at radius 3 is 2.07 bits per heavy atom.